The number of carbonyl (C=O) groups is 1. The smallest absolute Gasteiger partial charge is 0.321 e. The number of benzene rings is 2. The largest absolute Gasteiger partial charge is 0.478 e. The molecule has 1 heterocycles. The third kappa shape index (κ3) is 4.98. The normalized spacial score (nSPS) is 11.0. The first-order chi connectivity index (χ1) is 13.3. The van der Waals surface area contributed by atoms with Crippen molar-refractivity contribution in [2.24, 2.45) is 0 Å². The summed E-state index contributed by atoms with van der Waals surface area (Å²) >= 11 is 5.88. The third-order valence-corrected chi connectivity index (χ3v) is 4.18. The average molecular weight is 398 g/mol. The van der Waals surface area contributed by atoms with Gasteiger partial charge in [0, 0.05) is 23.1 Å². The third-order valence-electron chi connectivity index (χ3n) is 3.93. The molecule has 0 unspecified atom stereocenters. The number of carbonyl (C=O) groups excluding carboxylic acids is 1. The number of hydrogen-bond donors (Lipinski definition) is 1. The Morgan fingerprint density at radius 1 is 1.04 bits per heavy atom. The van der Waals surface area contributed by atoms with Crippen molar-refractivity contribution in [1.82, 2.24) is 9.97 Å². The summed E-state index contributed by atoms with van der Waals surface area (Å²) in [4.78, 5) is 20.8. The number of nitrogens with one attached hydrogen (secondary N) is 1. The lowest BCUT2D eigenvalue weighted by atomic mass is 10.1. The Balaban J connectivity index is 1.68. The predicted octanol–water partition coefficient (Wildman–Crippen LogP) is 5.03. The number of nitrogens with zero attached hydrogens (tertiary/aromatic N) is 2. The van der Waals surface area contributed by atoms with Crippen LogP contribution in [0.15, 0.2) is 60.9 Å². The maximum atomic E-state index is 12.7. The summed E-state index contributed by atoms with van der Waals surface area (Å²) in [7, 11) is 0. The van der Waals surface area contributed by atoms with Crippen LogP contribution in [-0.4, -0.2) is 21.5 Å². The molecule has 7 heteroatoms. The van der Waals surface area contributed by atoms with Crippen molar-refractivity contribution >= 4 is 23.2 Å². The molecule has 0 atom stereocenters. The van der Waals surface area contributed by atoms with Crippen LogP contribution >= 0.6 is 11.6 Å². The van der Waals surface area contributed by atoms with Crippen LogP contribution < -0.4 is 14.8 Å². The second-order valence-electron chi connectivity index (χ2n) is 6.63. The molecule has 144 valence electrons. The van der Waals surface area contributed by atoms with Crippen LogP contribution in [0.2, 0.25) is 5.02 Å². The molecule has 1 aromatic heterocycles. The van der Waals surface area contributed by atoms with Gasteiger partial charge in [-0.1, -0.05) is 11.6 Å². The molecule has 0 aliphatic carbocycles. The Morgan fingerprint density at radius 2 is 1.68 bits per heavy atom. The van der Waals surface area contributed by atoms with Crippen molar-refractivity contribution in [2.75, 3.05) is 5.32 Å². The first kappa shape index (κ1) is 19.6. The van der Waals surface area contributed by atoms with Crippen LogP contribution in [-0.2, 0) is 4.79 Å². The molecule has 0 aliphatic heterocycles. The predicted molar refractivity (Wildman–Crippen MR) is 108 cm³/mol. The second kappa shape index (κ2) is 8.27. The first-order valence-electron chi connectivity index (χ1n) is 8.65. The highest BCUT2D eigenvalue weighted by Gasteiger charge is 2.30. The first-order valence-corrected chi connectivity index (χ1v) is 9.03. The molecule has 1 N–H and O–H groups in total. The van der Waals surface area contributed by atoms with Gasteiger partial charge < -0.3 is 14.8 Å². The van der Waals surface area contributed by atoms with Crippen LogP contribution in [0, 0.1) is 6.92 Å². The standard InChI is InChI=1S/C21H20ClN3O3/c1-14-13-17(27-20-23-11-4-12-24-20)9-10-18(14)25-19(26)21(2,3)28-16-7-5-15(22)6-8-16/h4-13H,1-3H3,(H,25,26). The molecule has 3 aromatic rings. The Morgan fingerprint density at radius 3 is 2.32 bits per heavy atom. The molecule has 1 amide bonds. The van der Waals surface area contributed by atoms with Crippen LogP contribution in [0.1, 0.15) is 19.4 Å². The lowest BCUT2D eigenvalue weighted by molar-refractivity contribution is -0.128. The number of anilines is 1. The van der Waals surface area contributed by atoms with Crippen LogP contribution in [0.4, 0.5) is 5.69 Å². The van der Waals surface area contributed by atoms with Crippen molar-refractivity contribution in [2.45, 2.75) is 26.4 Å². The van der Waals surface area contributed by atoms with Crippen LogP contribution in [0.3, 0.4) is 0 Å². The molecular formula is C21H20ClN3O3. The van der Waals surface area contributed by atoms with E-state index in [0.717, 1.165) is 5.56 Å². The lowest BCUT2D eigenvalue weighted by Crippen LogP contribution is -2.42. The number of aryl methyl sites for hydroxylation is 1. The van der Waals surface area contributed by atoms with Crippen molar-refractivity contribution in [3.63, 3.8) is 0 Å². The Kier molecular flexibility index (Phi) is 5.80. The van der Waals surface area contributed by atoms with E-state index >= 15 is 0 Å². The minimum absolute atomic E-state index is 0.260. The van der Waals surface area contributed by atoms with Gasteiger partial charge in [-0.2, -0.15) is 0 Å². The SMILES string of the molecule is Cc1cc(Oc2ncccn2)ccc1NC(=O)C(C)(C)Oc1ccc(Cl)cc1. The number of aromatic nitrogens is 2. The van der Waals surface area contributed by atoms with E-state index in [-0.39, 0.29) is 11.9 Å². The van der Waals surface area contributed by atoms with Gasteiger partial charge in [0.15, 0.2) is 5.60 Å². The van der Waals surface area contributed by atoms with Gasteiger partial charge >= 0.3 is 6.01 Å². The summed E-state index contributed by atoms with van der Waals surface area (Å²) in [6.07, 6.45) is 3.21. The van der Waals surface area contributed by atoms with Gasteiger partial charge in [-0.3, -0.25) is 4.79 Å². The molecular weight excluding hydrogens is 378 g/mol. The van der Waals surface area contributed by atoms with Gasteiger partial charge in [0.05, 0.1) is 0 Å². The van der Waals surface area contributed by atoms with E-state index in [2.05, 4.69) is 15.3 Å². The zero-order chi connectivity index (χ0) is 20.1. The van der Waals surface area contributed by atoms with E-state index in [0.29, 0.717) is 22.2 Å². The number of ether oxygens (including phenoxy) is 2. The molecule has 28 heavy (non-hydrogen) atoms. The quantitative estimate of drug-likeness (QED) is 0.631. The number of amides is 1. The van der Waals surface area contributed by atoms with Crippen molar-refractivity contribution in [3.8, 4) is 17.5 Å². The number of rotatable bonds is 6. The van der Waals surface area contributed by atoms with E-state index in [1.165, 1.54) is 0 Å². The highest BCUT2D eigenvalue weighted by molar-refractivity contribution is 6.30. The molecule has 0 saturated heterocycles. The Hall–Kier alpha value is -3.12. The monoisotopic (exact) mass is 397 g/mol. The zero-order valence-corrected chi connectivity index (χ0v) is 16.5. The fourth-order valence-electron chi connectivity index (χ4n) is 2.40. The van der Waals surface area contributed by atoms with Gasteiger partial charge in [-0.05, 0) is 74.9 Å². The van der Waals surface area contributed by atoms with Crippen LogP contribution in [0.5, 0.6) is 17.5 Å². The summed E-state index contributed by atoms with van der Waals surface area (Å²) < 4.78 is 11.4. The fourth-order valence-corrected chi connectivity index (χ4v) is 2.53. The molecule has 0 aliphatic rings. The molecule has 0 bridgehead atoms. The topological polar surface area (TPSA) is 73.3 Å². The molecule has 2 aromatic carbocycles. The van der Waals surface area contributed by atoms with Crippen molar-refractivity contribution in [1.29, 1.82) is 0 Å². The van der Waals surface area contributed by atoms with Gasteiger partial charge in [0.1, 0.15) is 11.5 Å². The minimum atomic E-state index is -1.08. The molecule has 0 radical (unpaired) electrons. The van der Waals surface area contributed by atoms with E-state index in [1.54, 1.807) is 74.8 Å². The summed E-state index contributed by atoms with van der Waals surface area (Å²) in [5.41, 5.74) is 0.427. The maximum Gasteiger partial charge on any atom is 0.321 e. The van der Waals surface area contributed by atoms with E-state index < -0.39 is 5.60 Å². The summed E-state index contributed by atoms with van der Waals surface area (Å²) in [5.74, 6) is 0.872. The molecule has 3 rings (SSSR count). The van der Waals surface area contributed by atoms with E-state index in [4.69, 9.17) is 21.1 Å². The van der Waals surface area contributed by atoms with Crippen molar-refractivity contribution in [3.05, 3.63) is 71.5 Å². The summed E-state index contributed by atoms with van der Waals surface area (Å²) in [6, 6.07) is 14.2. The van der Waals surface area contributed by atoms with E-state index in [9.17, 15) is 4.79 Å². The number of halogens is 1. The van der Waals surface area contributed by atoms with Gasteiger partial charge in [0.25, 0.3) is 5.91 Å². The van der Waals surface area contributed by atoms with Gasteiger partial charge in [-0.25, -0.2) is 9.97 Å². The minimum Gasteiger partial charge on any atom is -0.478 e. The van der Waals surface area contributed by atoms with Crippen LogP contribution in [0.25, 0.3) is 0 Å². The molecule has 0 saturated carbocycles. The maximum absolute atomic E-state index is 12.7. The Bertz CT molecular complexity index is 960. The molecule has 6 nitrogen and oxygen atoms in total. The number of hydrogen-bond acceptors (Lipinski definition) is 5. The average Bonchev–Trinajstić information content (AvgIpc) is 2.66. The second-order valence-corrected chi connectivity index (χ2v) is 7.07. The summed E-state index contributed by atoms with van der Waals surface area (Å²) in [5, 5.41) is 3.50. The molecule has 0 fully saturated rings. The van der Waals surface area contributed by atoms with Gasteiger partial charge in [-0.15, -0.1) is 0 Å². The fraction of sp³-hybridized carbons (Fsp3) is 0.190. The summed E-state index contributed by atoms with van der Waals surface area (Å²) in [6.45, 7) is 5.29. The Labute approximate surface area is 168 Å². The highest BCUT2D eigenvalue weighted by Crippen LogP contribution is 2.26. The van der Waals surface area contributed by atoms with E-state index in [1.807, 2.05) is 6.92 Å². The highest BCUT2D eigenvalue weighted by atomic mass is 35.5. The molecule has 0 spiro atoms. The zero-order valence-electron chi connectivity index (χ0n) is 15.8. The van der Waals surface area contributed by atoms with Gasteiger partial charge in [0.2, 0.25) is 0 Å². The lowest BCUT2D eigenvalue weighted by Gasteiger charge is -2.25. The van der Waals surface area contributed by atoms with Crippen molar-refractivity contribution < 1.29 is 14.3 Å².